The van der Waals surface area contributed by atoms with E-state index in [0.717, 1.165) is 11.6 Å². The lowest BCUT2D eigenvalue weighted by Gasteiger charge is -2.01. The standard InChI is InChI=1S/C10H9FO2/c1-2-10(12)13-7-8-3-5-9(11)6-4-8/h2-6H,1,7H2. The van der Waals surface area contributed by atoms with Gasteiger partial charge in [-0.1, -0.05) is 18.7 Å². The first kappa shape index (κ1) is 9.45. The van der Waals surface area contributed by atoms with Gasteiger partial charge in [-0.25, -0.2) is 9.18 Å². The summed E-state index contributed by atoms with van der Waals surface area (Å²) in [6.07, 6.45) is 1.09. The van der Waals surface area contributed by atoms with Crippen molar-refractivity contribution in [2.75, 3.05) is 0 Å². The molecule has 3 heteroatoms. The molecular formula is C10H9FO2. The Kier molecular flexibility index (Phi) is 3.20. The Labute approximate surface area is 75.6 Å². The molecule has 0 unspecified atom stereocenters. The Hall–Kier alpha value is -1.64. The summed E-state index contributed by atoms with van der Waals surface area (Å²) >= 11 is 0. The van der Waals surface area contributed by atoms with Crippen LogP contribution in [0.1, 0.15) is 5.56 Å². The van der Waals surface area contributed by atoms with Gasteiger partial charge < -0.3 is 4.74 Å². The molecule has 0 aliphatic carbocycles. The summed E-state index contributed by atoms with van der Waals surface area (Å²) in [6.45, 7) is 3.40. The summed E-state index contributed by atoms with van der Waals surface area (Å²) in [5.74, 6) is -0.789. The average molecular weight is 180 g/mol. The fraction of sp³-hybridized carbons (Fsp3) is 0.100. The first-order chi connectivity index (χ1) is 6.22. The highest BCUT2D eigenvalue weighted by molar-refractivity contribution is 5.81. The third-order valence-electron chi connectivity index (χ3n) is 1.46. The zero-order valence-corrected chi connectivity index (χ0v) is 7.00. The fourth-order valence-corrected chi connectivity index (χ4v) is 0.794. The summed E-state index contributed by atoms with van der Waals surface area (Å²) in [5.41, 5.74) is 0.747. The lowest BCUT2D eigenvalue weighted by atomic mass is 10.2. The monoisotopic (exact) mass is 180 g/mol. The summed E-state index contributed by atoms with van der Waals surface area (Å²) in [7, 11) is 0. The molecule has 0 amide bonds. The van der Waals surface area contributed by atoms with E-state index >= 15 is 0 Å². The normalized spacial score (nSPS) is 9.31. The van der Waals surface area contributed by atoms with Crippen LogP contribution in [0.2, 0.25) is 0 Å². The Morgan fingerprint density at radius 2 is 2.08 bits per heavy atom. The predicted octanol–water partition coefficient (Wildman–Crippen LogP) is 2.05. The van der Waals surface area contributed by atoms with Crippen molar-refractivity contribution in [2.45, 2.75) is 6.61 Å². The van der Waals surface area contributed by atoms with Crippen LogP contribution in [-0.4, -0.2) is 5.97 Å². The van der Waals surface area contributed by atoms with Crippen molar-refractivity contribution in [2.24, 2.45) is 0 Å². The van der Waals surface area contributed by atoms with E-state index in [4.69, 9.17) is 4.74 Å². The van der Waals surface area contributed by atoms with Crippen molar-refractivity contribution in [1.82, 2.24) is 0 Å². The van der Waals surface area contributed by atoms with Gasteiger partial charge in [-0.15, -0.1) is 0 Å². The van der Waals surface area contributed by atoms with Crippen LogP contribution in [-0.2, 0) is 16.1 Å². The van der Waals surface area contributed by atoms with Crippen LogP contribution in [0.5, 0.6) is 0 Å². The van der Waals surface area contributed by atoms with E-state index < -0.39 is 5.97 Å². The molecule has 0 aliphatic heterocycles. The molecule has 0 saturated heterocycles. The molecule has 68 valence electrons. The van der Waals surface area contributed by atoms with Gasteiger partial charge in [0, 0.05) is 6.08 Å². The van der Waals surface area contributed by atoms with Crippen LogP contribution in [0.15, 0.2) is 36.9 Å². The summed E-state index contributed by atoms with van der Waals surface area (Å²) in [6, 6.07) is 5.76. The van der Waals surface area contributed by atoms with Gasteiger partial charge in [-0.2, -0.15) is 0 Å². The van der Waals surface area contributed by atoms with E-state index in [9.17, 15) is 9.18 Å². The number of benzene rings is 1. The van der Waals surface area contributed by atoms with E-state index in [2.05, 4.69) is 6.58 Å². The highest BCUT2D eigenvalue weighted by Crippen LogP contribution is 2.04. The molecule has 0 aromatic heterocycles. The zero-order chi connectivity index (χ0) is 9.68. The second-order valence-corrected chi connectivity index (χ2v) is 2.44. The van der Waals surface area contributed by atoms with Crippen molar-refractivity contribution in [3.05, 3.63) is 48.3 Å². The quantitative estimate of drug-likeness (QED) is 0.525. The Bertz CT molecular complexity index is 303. The van der Waals surface area contributed by atoms with E-state index in [1.165, 1.54) is 12.1 Å². The molecule has 1 aromatic carbocycles. The minimum Gasteiger partial charge on any atom is -0.458 e. The number of hydrogen-bond acceptors (Lipinski definition) is 2. The summed E-state index contributed by atoms with van der Waals surface area (Å²) in [4.78, 5) is 10.6. The number of rotatable bonds is 3. The molecule has 0 spiro atoms. The molecule has 0 aliphatic rings. The number of esters is 1. The van der Waals surface area contributed by atoms with Crippen LogP contribution in [0.4, 0.5) is 4.39 Å². The van der Waals surface area contributed by atoms with Gasteiger partial charge in [0.2, 0.25) is 0 Å². The number of halogens is 1. The Morgan fingerprint density at radius 1 is 1.46 bits per heavy atom. The largest absolute Gasteiger partial charge is 0.458 e. The minimum absolute atomic E-state index is 0.144. The highest BCUT2D eigenvalue weighted by atomic mass is 19.1. The maximum absolute atomic E-state index is 12.4. The number of carbonyl (C=O) groups is 1. The Morgan fingerprint density at radius 3 is 2.62 bits per heavy atom. The molecule has 2 nitrogen and oxygen atoms in total. The third-order valence-corrected chi connectivity index (χ3v) is 1.46. The molecule has 0 radical (unpaired) electrons. The van der Waals surface area contributed by atoms with Gasteiger partial charge >= 0.3 is 5.97 Å². The van der Waals surface area contributed by atoms with E-state index in [1.807, 2.05) is 0 Å². The first-order valence-electron chi connectivity index (χ1n) is 3.76. The first-order valence-corrected chi connectivity index (χ1v) is 3.76. The molecule has 0 fully saturated rings. The molecule has 0 saturated carbocycles. The van der Waals surface area contributed by atoms with E-state index in [0.29, 0.717) is 0 Å². The fourth-order valence-electron chi connectivity index (χ4n) is 0.794. The molecule has 13 heavy (non-hydrogen) atoms. The second kappa shape index (κ2) is 4.40. The molecule has 1 rings (SSSR count). The lowest BCUT2D eigenvalue weighted by molar-refractivity contribution is -0.138. The molecule has 0 N–H and O–H groups in total. The van der Waals surface area contributed by atoms with Crippen molar-refractivity contribution < 1.29 is 13.9 Å². The molecule has 1 aromatic rings. The third kappa shape index (κ3) is 3.07. The van der Waals surface area contributed by atoms with Crippen molar-refractivity contribution in [3.8, 4) is 0 Å². The van der Waals surface area contributed by atoms with Crippen LogP contribution < -0.4 is 0 Å². The zero-order valence-electron chi connectivity index (χ0n) is 7.00. The van der Waals surface area contributed by atoms with Gasteiger partial charge in [-0.05, 0) is 17.7 Å². The van der Waals surface area contributed by atoms with Crippen molar-refractivity contribution >= 4 is 5.97 Å². The lowest BCUT2D eigenvalue weighted by Crippen LogP contribution is -1.99. The van der Waals surface area contributed by atoms with Gasteiger partial charge in [0.25, 0.3) is 0 Å². The van der Waals surface area contributed by atoms with Crippen LogP contribution in [0.25, 0.3) is 0 Å². The van der Waals surface area contributed by atoms with Crippen LogP contribution in [0.3, 0.4) is 0 Å². The SMILES string of the molecule is C=CC(=O)OCc1ccc(F)cc1. The Balaban J connectivity index is 2.50. The second-order valence-electron chi connectivity index (χ2n) is 2.44. The molecule has 0 atom stereocenters. The van der Waals surface area contributed by atoms with Gasteiger partial charge in [0.05, 0.1) is 0 Å². The topological polar surface area (TPSA) is 26.3 Å². The van der Waals surface area contributed by atoms with Crippen LogP contribution in [0, 0.1) is 5.82 Å². The predicted molar refractivity (Wildman–Crippen MR) is 46.4 cm³/mol. The summed E-state index contributed by atoms with van der Waals surface area (Å²) in [5, 5.41) is 0. The van der Waals surface area contributed by atoms with Gasteiger partial charge in [0.1, 0.15) is 12.4 Å². The maximum atomic E-state index is 12.4. The smallest absolute Gasteiger partial charge is 0.330 e. The number of ether oxygens (including phenoxy) is 1. The maximum Gasteiger partial charge on any atom is 0.330 e. The highest BCUT2D eigenvalue weighted by Gasteiger charge is 1.97. The van der Waals surface area contributed by atoms with Crippen molar-refractivity contribution in [3.63, 3.8) is 0 Å². The van der Waals surface area contributed by atoms with Gasteiger partial charge in [0.15, 0.2) is 0 Å². The molecule has 0 bridgehead atoms. The van der Waals surface area contributed by atoms with E-state index in [-0.39, 0.29) is 12.4 Å². The molecule has 0 heterocycles. The number of carbonyl (C=O) groups excluding carboxylic acids is 1. The minimum atomic E-state index is -0.482. The average Bonchev–Trinajstić information content (AvgIpc) is 2.16. The number of hydrogen-bond donors (Lipinski definition) is 0. The van der Waals surface area contributed by atoms with Crippen LogP contribution >= 0.6 is 0 Å². The van der Waals surface area contributed by atoms with E-state index in [1.54, 1.807) is 12.1 Å². The molecular weight excluding hydrogens is 171 g/mol. The van der Waals surface area contributed by atoms with Crippen molar-refractivity contribution in [1.29, 1.82) is 0 Å². The summed E-state index contributed by atoms with van der Waals surface area (Å²) < 4.78 is 17.2. The van der Waals surface area contributed by atoms with Gasteiger partial charge in [-0.3, -0.25) is 0 Å².